The van der Waals surface area contributed by atoms with Crippen LogP contribution in [0.5, 0.6) is 0 Å². The first-order valence-corrected chi connectivity index (χ1v) is 8.36. The molecular weight excluding hydrogens is 300 g/mol. The number of amides is 2. The molecule has 0 radical (unpaired) electrons. The summed E-state index contributed by atoms with van der Waals surface area (Å²) in [7, 11) is 0. The van der Waals surface area contributed by atoms with Crippen molar-refractivity contribution in [2.45, 2.75) is 32.6 Å². The van der Waals surface area contributed by atoms with E-state index in [4.69, 9.17) is 0 Å². The van der Waals surface area contributed by atoms with Crippen molar-refractivity contribution >= 4 is 23.2 Å². The zero-order valence-electron chi connectivity index (χ0n) is 14.1. The van der Waals surface area contributed by atoms with Crippen LogP contribution in [0.1, 0.15) is 48.5 Å². The lowest BCUT2D eigenvalue weighted by Gasteiger charge is -2.16. The molecular formula is C20H22N2O2. The van der Waals surface area contributed by atoms with E-state index in [2.05, 4.69) is 19.2 Å². The average Bonchev–Trinajstić information content (AvgIpc) is 3.01. The predicted octanol–water partition coefficient (Wildman–Crippen LogP) is 4.19. The van der Waals surface area contributed by atoms with Crippen LogP contribution < -0.4 is 10.2 Å². The first-order chi connectivity index (χ1) is 11.5. The van der Waals surface area contributed by atoms with Crippen molar-refractivity contribution < 1.29 is 9.59 Å². The highest BCUT2D eigenvalue weighted by Gasteiger charge is 2.21. The third-order valence-corrected chi connectivity index (χ3v) is 4.35. The van der Waals surface area contributed by atoms with Gasteiger partial charge in [-0.05, 0) is 54.3 Å². The van der Waals surface area contributed by atoms with Crippen LogP contribution in [0, 0.1) is 0 Å². The summed E-state index contributed by atoms with van der Waals surface area (Å²) in [6.45, 7) is 5.02. The van der Waals surface area contributed by atoms with Crippen molar-refractivity contribution in [1.82, 2.24) is 0 Å². The SMILES string of the molecule is CC(C)c1ccc(C(=O)Nc2ccc(N3CCCC3=O)cc2)cc1. The fourth-order valence-electron chi connectivity index (χ4n) is 2.87. The number of nitrogens with zero attached hydrogens (tertiary/aromatic N) is 1. The minimum Gasteiger partial charge on any atom is -0.322 e. The van der Waals surface area contributed by atoms with Gasteiger partial charge in [-0.2, -0.15) is 0 Å². The number of rotatable bonds is 4. The maximum atomic E-state index is 12.3. The molecule has 2 amide bonds. The monoisotopic (exact) mass is 322 g/mol. The Hall–Kier alpha value is -2.62. The minimum atomic E-state index is -0.129. The van der Waals surface area contributed by atoms with Gasteiger partial charge in [0.1, 0.15) is 0 Å². The lowest BCUT2D eigenvalue weighted by molar-refractivity contribution is -0.117. The number of carbonyl (C=O) groups is 2. The summed E-state index contributed by atoms with van der Waals surface area (Å²) in [5.74, 6) is 0.482. The van der Waals surface area contributed by atoms with Crippen LogP contribution in [-0.2, 0) is 4.79 Å². The molecule has 0 unspecified atom stereocenters. The van der Waals surface area contributed by atoms with E-state index in [0.29, 0.717) is 17.9 Å². The molecule has 2 aromatic carbocycles. The van der Waals surface area contributed by atoms with Gasteiger partial charge >= 0.3 is 0 Å². The van der Waals surface area contributed by atoms with E-state index in [1.54, 1.807) is 4.90 Å². The average molecular weight is 322 g/mol. The van der Waals surface area contributed by atoms with E-state index in [-0.39, 0.29) is 11.8 Å². The molecule has 24 heavy (non-hydrogen) atoms. The van der Waals surface area contributed by atoms with Crippen molar-refractivity contribution in [2.24, 2.45) is 0 Å². The van der Waals surface area contributed by atoms with Gasteiger partial charge < -0.3 is 10.2 Å². The molecule has 1 N–H and O–H groups in total. The molecule has 124 valence electrons. The van der Waals surface area contributed by atoms with Crippen molar-refractivity contribution in [1.29, 1.82) is 0 Å². The molecule has 0 atom stereocenters. The highest BCUT2D eigenvalue weighted by Crippen LogP contribution is 2.23. The van der Waals surface area contributed by atoms with E-state index < -0.39 is 0 Å². The van der Waals surface area contributed by atoms with E-state index in [9.17, 15) is 9.59 Å². The van der Waals surface area contributed by atoms with E-state index in [1.807, 2.05) is 48.5 Å². The van der Waals surface area contributed by atoms with Gasteiger partial charge in [-0.15, -0.1) is 0 Å². The van der Waals surface area contributed by atoms with E-state index in [1.165, 1.54) is 5.56 Å². The molecule has 4 nitrogen and oxygen atoms in total. The number of carbonyl (C=O) groups excluding carboxylic acids is 2. The Morgan fingerprint density at radius 2 is 1.71 bits per heavy atom. The molecule has 4 heteroatoms. The second-order valence-corrected chi connectivity index (χ2v) is 6.43. The van der Waals surface area contributed by atoms with E-state index >= 15 is 0 Å². The van der Waals surface area contributed by atoms with Gasteiger partial charge in [0.05, 0.1) is 0 Å². The Morgan fingerprint density at radius 1 is 1.04 bits per heavy atom. The molecule has 0 bridgehead atoms. The highest BCUT2D eigenvalue weighted by molar-refractivity contribution is 6.04. The molecule has 1 fully saturated rings. The molecule has 1 saturated heterocycles. The summed E-state index contributed by atoms with van der Waals surface area (Å²) >= 11 is 0. The summed E-state index contributed by atoms with van der Waals surface area (Å²) in [5, 5.41) is 2.89. The third-order valence-electron chi connectivity index (χ3n) is 4.35. The van der Waals surface area contributed by atoms with Gasteiger partial charge in [0.15, 0.2) is 0 Å². The Kier molecular flexibility index (Phi) is 4.65. The van der Waals surface area contributed by atoms with Gasteiger partial charge in [0.25, 0.3) is 5.91 Å². The second-order valence-electron chi connectivity index (χ2n) is 6.43. The molecule has 3 rings (SSSR count). The fraction of sp³-hybridized carbons (Fsp3) is 0.300. The van der Waals surface area contributed by atoms with Crippen LogP contribution in [0.15, 0.2) is 48.5 Å². The van der Waals surface area contributed by atoms with Crippen molar-refractivity contribution in [3.63, 3.8) is 0 Å². The van der Waals surface area contributed by atoms with Gasteiger partial charge in [0.2, 0.25) is 5.91 Å². The number of anilines is 2. The lowest BCUT2D eigenvalue weighted by atomic mass is 10.0. The second kappa shape index (κ2) is 6.87. The molecule has 0 aliphatic carbocycles. The lowest BCUT2D eigenvalue weighted by Crippen LogP contribution is -2.23. The van der Waals surface area contributed by atoms with Crippen LogP contribution in [0.3, 0.4) is 0 Å². The van der Waals surface area contributed by atoms with Gasteiger partial charge in [-0.25, -0.2) is 0 Å². The first kappa shape index (κ1) is 16.2. The maximum Gasteiger partial charge on any atom is 0.255 e. The molecule has 1 heterocycles. The summed E-state index contributed by atoms with van der Waals surface area (Å²) < 4.78 is 0. The van der Waals surface area contributed by atoms with Gasteiger partial charge in [0, 0.05) is 29.9 Å². The van der Waals surface area contributed by atoms with Crippen molar-refractivity contribution in [2.75, 3.05) is 16.8 Å². The largest absolute Gasteiger partial charge is 0.322 e. The van der Waals surface area contributed by atoms with Crippen LogP contribution in [-0.4, -0.2) is 18.4 Å². The fourth-order valence-corrected chi connectivity index (χ4v) is 2.87. The first-order valence-electron chi connectivity index (χ1n) is 8.36. The Labute approximate surface area is 142 Å². The molecule has 0 aromatic heterocycles. The molecule has 0 saturated carbocycles. The van der Waals surface area contributed by atoms with Gasteiger partial charge in [-0.1, -0.05) is 26.0 Å². The minimum absolute atomic E-state index is 0.129. The topological polar surface area (TPSA) is 49.4 Å². The quantitative estimate of drug-likeness (QED) is 0.917. The Balaban J connectivity index is 1.67. The number of hydrogen-bond donors (Lipinski definition) is 1. The summed E-state index contributed by atoms with van der Waals surface area (Å²) in [4.78, 5) is 25.9. The molecule has 0 spiro atoms. The summed E-state index contributed by atoms with van der Waals surface area (Å²) in [6.07, 6.45) is 1.52. The molecule has 2 aromatic rings. The number of benzene rings is 2. The van der Waals surface area contributed by atoms with Crippen molar-refractivity contribution in [3.8, 4) is 0 Å². The number of hydrogen-bond acceptors (Lipinski definition) is 2. The van der Waals surface area contributed by atoms with Gasteiger partial charge in [-0.3, -0.25) is 9.59 Å². The summed E-state index contributed by atoms with van der Waals surface area (Å²) in [5.41, 5.74) is 3.46. The normalized spacial score (nSPS) is 14.3. The highest BCUT2D eigenvalue weighted by atomic mass is 16.2. The maximum absolute atomic E-state index is 12.3. The Morgan fingerprint density at radius 3 is 2.25 bits per heavy atom. The molecule has 1 aliphatic rings. The van der Waals surface area contributed by atoms with Crippen molar-refractivity contribution in [3.05, 3.63) is 59.7 Å². The standard InChI is InChI=1S/C20H22N2O2/c1-14(2)15-5-7-16(8-6-15)20(24)21-17-9-11-18(12-10-17)22-13-3-4-19(22)23/h5-12,14H,3-4,13H2,1-2H3,(H,21,24). The smallest absolute Gasteiger partial charge is 0.255 e. The summed E-state index contributed by atoms with van der Waals surface area (Å²) in [6, 6.07) is 15.1. The zero-order chi connectivity index (χ0) is 17.1. The molecule has 1 aliphatic heterocycles. The van der Waals surface area contributed by atoms with Crippen LogP contribution in [0.25, 0.3) is 0 Å². The predicted molar refractivity (Wildman–Crippen MR) is 96.5 cm³/mol. The Bertz CT molecular complexity index is 733. The zero-order valence-corrected chi connectivity index (χ0v) is 14.1. The van der Waals surface area contributed by atoms with Crippen LogP contribution in [0.4, 0.5) is 11.4 Å². The van der Waals surface area contributed by atoms with Crippen LogP contribution >= 0.6 is 0 Å². The van der Waals surface area contributed by atoms with E-state index in [0.717, 1.165) is 24.3 Å². The van der Waals surface area contributed by atoms with Crippen LogP contribution in [0.2, 0.25) is 0 Å². The third kappa shape index (κ3) is 3.48. The number of nitrogens with one attached hydrogen (secondary N) is 1.